The smallest absolute Gasteiger partial charge is 0.261 e. The third-order valence-corrected chi connectivity index (χ3v) is 6.23. The molecule has 0 radical (unpaired) electrons. The van der Waals surface area contributed by atoms with Gasteiger partial charge in [-0.25, -0.2) is 21.6 Å². The van der Waals surface area contributed by atoms with Gasteiger partial charge in [-0.3, -0.25) is 4.72 Å². The fraction of sp³-hybridized carbons (Fsp3) is 0.0769. The van der Waals surface area contributed by atoms with Crippen LogP contribution in [0.4, 0.5) is 5.69 Å². The lowest BCUT2D eigenvalue weighted by Crippen LogP contribution is -2.19. The van der Waals surface area contributed by atoms with E-state index in [1.807, 2.05) is 6.07 Å². The molecule has 0 bridgehead atoms. The molecule has 0 saturated heterocycles. The first-order valence-electron chi connectivity index (χ1n) is 6.06. The Balaban J connectivity index is 2.40. The average molecular weight is 452 g/mol. The third-order valence-electron chi connectivity index (χ3n) is 2.77. The predicted octanol–water partition coefficient (Wildman–Crippen LogP) is 2.00. The van der Waals surface area contributed by atoms with Crippen LogP contribution >= 0.6 is 22.6 Å². The van der Waals surface area contributed by atoms with Crippen molar-refractivity contribution in [3.8, 4) is 0 Å². The van der Waals surface area contributed by atoms with E-state index in [2.05, 4.69) is 32.0 Å². The van der Waals surface area contributed by atoms with Gasteiger partial charge in [0.25, 0.3) is 10.0 Å². The summed E-state index contributed by atoms with van der Waals surface area (Å²) in [6, 6.07) is 12.0. The van der Waals surface area contributed by atoms with Gasteiger partial charge < -0.3 is 0 Å². The minimum Gasteiger partial charge on any atom is -0.280 e. The monoisotopic (exact) mass is 452 g/mol. The van der Waals surface area contributed by atoms with E-state index in [1.165, 1.54) is 25.2 Å². The molecule has 0 saturated carbocycles. The normalized spacial score (nSPS) is 12.1. The zero-order valence-electron chi connectivity index (χ0n) is 11.4. The molecule has 0 spiro atoms. The van der Waals surface area contributed by atoms with Gasteiger partial charge in [0, 0.05) is 9.26 Å². The van der Waals surface area contributed by atoms with Crippen molar-refractivity contribution in [1.82, 2.24) is 4.72 Å². The van der Waals surface area contributed by atoms with Gasteiger partial charge in [-0.1, -0.05) is 12.1 Å². The number of nitrogens with one attached hydrogen (secondary N) is 2. The summed E-state index contributed by atoms with van der Waals surface area (Å²) >= 11 is 2.07. The van der Waals surface area contributed by atoms with Crippen LogP contribution in [0.25, 0.3) is 0 Å². The maximum Gasteiger partial charge on any atom is 0.261 e. The second-order valence-corrected chi connectivity index (χ2v) is 9.11. The summed E-state index contributed by atoms with van der Waals surface area (Å²) in [4.78, 5) is -0.233. The molecule has 22 heavy (non-hydrogen) atoms. The molecule has 0 amide bonds. The van der Waals surface area contributed by atoms with Crippen molar-refractivity contribution in [3.05, 3.63) is 52.1 Å². The molecule has 0 unspecified atom stereocenters. The van der Waals surface area contributed by atoms with E-state index in [-0.39, 0.29) is 9.79 Å². The Morgan fingerprint density at radius 2 is 1.45 bits per heavy atom. The van der Waals surface area contributed by atoms with Crippen LogP contribution in [-0.4, -0.2) is 23.9 Å². The Bertz CT molecular complexity index is 896. The summed E-state index contributed by atoms with van der Waals surface area (Å²) in [7, 11) is -6.31. The molecule has 2 aromatic carbocycles. The van der Waals surface area contributed by atoms with Crippen LogP contribution in [-0.2, 0) is 20.0 Å². The lowest BCUT2D eigenvalue weighted by molar-refractivity contribution is 0.588. The zero-order chi connectivity index (χ0) is 16.4. The highest BCUT2D eigenvalue weighted by atomic mass is 127. The van der Waals surface area contributed by atoms with Crippen molar-refractivity contribution in [3.63, 3.8) is 0 Å². The quantitative estimate of drug-likeness (QED) is 0.679. The number of hydrogen-bond acceptors (Lipinski definition) is 4. The second-order valence-electron chi connectivity index (χ2n) is 4.30. The van der Waals surface area contributed by atoms with E-state index in [0.717, 1.165) is 9.64 Å². The van der Waals surface area contributed by atoms with Gasteiger partial charge in [0.2, 0.25) is 10.0 Å². The first-order chi connectivity index (χ1) is 10.2. The van der Waals surface area contributed by atoms with Crippen molar-refractivity contribution in [2.45, 2.75) is 9.79 Å². The highest BCUT2D eigenvalue weighted by molar-refractivity contribution is 14.1. The summed E-state index contributed by atoms with van der Waals surface area (Å²) in [5.74, 6) is 0. The molecule has 2 N–H and O–H groups in total. The van der Waals surface area contributed by atoms with E-state index in [0.29, 0.717) is 5.69 Å². The van der Waals surface area contributed by atoms with Crippen molar-refractivity contribution >= 4 is 48.3 Å². The van der Waals surface area contributed by atoms with E-state index in [4.69, 9.17) is 0 Å². The van der Waals surface area contributed by atoms with Crippen LogP contribution in [0.2, 0.25) is 0 Å². The van der Waals surface area contributed by atoms with Crippen LogP contribution in [0.5, 0.6) is 0 Å². The summed E-state index contributed by atoms with van der Waals surface area (Å²) < 4.78 is 53.7. The molecule has 0 heterocycles. The van der Waals surface area contributed by atoms with E-state index in [1.54, 1.807) is 18.2 Å². The molecule has 2 aromatic rings. The molecule has 0 aliphatic heterocycles. The van der Waals surface area contributed by atoms with Gasteiger partial charge in [0.15, 0.2) is 0 Å². The van der Waals surface area contributed by atoms with Crippen molar-refractivity contribution in [1.29, 1.82) is 0 Å². The molecule has 0 atom stereocenters. The van der Waals surface area contributed by atoms with Gasteiger partial charge >= 0.3 is 0 Å². The second kappa shape index (κ2) is 6.52. The Labute approximate surface area is 143 Å². The third kappa shape index (κ3) is 3.97. The molecular weight excluding hydrogens is 439 g/mol. The van der Waals surface area contributed by atoms with Crippen molar-refractivity contribution in [2.75, 3.05) is 11.8 Å². The van der Waals surface area contributed by atoms with Gasteiger partial charge in [-0.2, -0.15) is 0 Å². The SMILES string of the molecule is CNS(=O)(=O)c1cccc(S(=O)(=O)Nc2cccc(I)c2)c1. The summed E-state index contributed by atoms with van der Waals surface area (Å²) in [5, 5.41) is 0. The lowest BCUT2D eigenvalue weighted by atomic mass is 10.3. The number of hydrogen-bond donors (Lipinski definition) is 2. The molecule has 0 aromatic heterocycles. The Morgan fingerprint density at radius 3 is 2.05 bits per heavy atom. The topological polar surface area (TPSA) is 92.3 Å². The van der Waals surface area contributed by atoms with Crippen LogP contribution in [0.15, 0.2) is 58.3 Å². The Hall–Kier alpha value is -1.17. The number of anilines is 1. The molecule has 9 heteroatoms. The number of halogens is 1. The maximum absolute atomic E-state index is 12.4. The minimum atomic E-state index is -3.87. The number of rotatable bonds is 5. The molecule has 0 aliphatic rings. The van der Waals surface area contributed by atoms with Gasteiger partial charge in [-0.15, -0.1) is 0 Å². The molecule has 0 aliphatic carbocycles. The van der Waals surface area contributed by atoms with Gasteiger partial charge in [0.1, 0.15) is 0 Å². The highest BCUT2D eigenvalue weighted by Gasteiger charge is 2.18. The molecule has 0 fully saturated rings. The van der Waals surface area contributed by atoms with Crippen LogP contribution in [0.3, 0.4) is 0 Å². The Morgan fingerprint density at radius 1 is 0.864 bits per heavy atom. The molecule has 6 nitrogen and oxygen atoms in total. The standard InChI is InChI=1S/C13H13IN2O4S2/c1-15-21(17,18)12-6-3-7-13(9-12)22(19,20)16-11-5-2-4-10(14)8-11/h2-9,15-16H,1H3. The van der Waals surface area contributed by atoms with E-state index in [9.17, 15) is 16.8 Å². The fourth-order valence-corrected chi connectivity index (χ4v) is 4.18. The van der Waals surface area contributed by atoms with E-state index < -0.39 is 20.0 Å². The van der Waals surface area contributed by atoms with Gasteiger partial charge in [-0.05, 0) is 66.0 Å². The minimum absolute atomic E-state index is 0.111. The number of benzene rings is 2. The van der Waals surface area contributed by atoms with Gasteiger partial charge in [0.05, 0.1) is 9.79 Å². The molecular formula is C13H13IN2O4S2. The lowest BCUT2D eigenvalue weighted by Gasteiger charge is -2.10. The Kier molecular flexibility index (Phi) is 5.10. The largest absolute Gasteiger partial charge is 0.280 e. The zero-order valence-corrected chi connectivity index (χ0v) is 15.2. The molecule has 2 rings (SSSR count). The van der Waals surface area contributed by atoms with Crippen LogP contribution in [0.1, 0.15) is 0 Å². The van der Waals surface area contributed by atoms with Crippen molar-refractivity contribution < 1.29 is 16.8 Å². The highest BCUT2D eigenvalue weighted by Crippen LogP contribution is 2.20. The fourth-order valence-electron chi connectivity index (χ4n) is 1.69. The number of sulfonamides is 2. The summed E-state index contributed by atoms with van der Waals surface area (Å²) in [6.07, 6.45) is 0. The summed E-state index contributed by atoms with van der Waals surface area (Å²) in [5.41, 5.74) is 0.411. The maximum atomic E-state index is 12.4. The first-order valence-corrected chi connectivity index (χ1v) is 10.1. The first kappa shape index (κ1) is 17.2. The van der Waals surface area contributed by atoms with Crippen molar-refractivity contribution in [2.24, 2.45) is 0 Å². The predicted molar refractivity (Wildman–Crippen MR) is 92.7 cm³/mol. The molecule has 118 valence electrons. The van der Waals surface area contributed by atoms with Crippen LogP contribution < -0.4 is 9.44 Å². The van der Waals surface area contributed by atoms with Crippen LogP contribution in [0, 0.1) is 3.57 Å². The van der Waals surface area contributed by atoms with E-state index >= 15 is 0 Å². The summed E-state index contributed by atoms with van der Waals surface area (Å²) in [6.45, 7) is 0. The average Bonchev–Trinajstić information content (AvgIpc) is 2.47.